The summed E-state index contributed by atoms with van der Waals surface area (Å²) in [6.45, 7) is 9.77. The molecule has 1 aromatic carbocycles. The Labute approximate surface area is 133 Å². The third kappa shape index (κ3) is 4.65. The maximum atomic E-state index is 10.3. The molecule has 0 aliphatic heterocycles. The van der Waals surface area contributed by atoms with Gasteiger partial charge in [-0.2, -0.15) is 0 Å². The highest BCUT2D eigenvalue weighted by Crippen LogP contribution is 2.23. The minimum Gasteiger partial charge on any atom is -0.387 e. The number of pyridine rings is 1. The Morgan fingerprint density at radius 1 is 1.09 bits per heavy atom. The Balaban J connectivity index is 1.86. The summed E-state index contributed by atoms with van der Waals surface area (Å²) in [5.74, 6) is 0. The van der Waals surface area contributed by atoms with E-state index in [1.54, 1.807) is 0 Å². The van der Waals surface area contributed by atoms with Gasteiger partial charge in [0.15, 0.2) is 0 Å². The molecule has 0 amide bonds. The largest absolute Gasteiger partial charge is 0.387 e. The predicted octanol–water partition coefficient (Wildman–Crippen LogP) is 3.51. The van der Waals surface area contributed by atoms with Crippen molar-refractivity contribution in [2.75, 3.05) is 6.54 Å². The molecule has 1 atom stereocenters. The Kier molecular flexibility index (Phi) is 5.33. The Morgan fingerprint density at radius 2 is 1.77 bits per heavy atom. The molecule has 0 saturated heterocycles. The fraction of sp³-hybridized carbons (Fsp3) is 0.421. The van der Waals surface area contributed by atoms with Crippen molar-refractivity contribution in [2.24, 2.45) is 0 Å². The van der Waals surface area contributed by atoms with E-state index >= 15 is 0 Å². The Hall–Kier alpha value is -1.71. The Morgan fingerprint density at radius 3 is 2.32 bits per heavy atom. The first-order chi connectivity index (χ1) is 10.4. The van der Waals surface area contributed by atoms with Crippen molar-refractivity contribution in [3.63, 3.8) is 0 Å². The van der Waals surface area contributed by atoms with Crippen LogP contribution >= 0.6 is 0 Å². The van der Waals surface area contributed by atoms with Gasteiger partial charge in [0.05, 0.1) is 11.8 Å². The number of hydrogen-bond acceptors (Lipinski definition) is 3. The number of nitrogens with zero attached hydrogens (tertiary/aromatic N) is 1. The number of aryl methyl sites for hydroxylation is 1. The molecule has 1 aromatic heterocycles. The molecule has 0 fully saturated rings. The number of benzene rings is 1. The van der Waals surface area contributed by atoms with Crippen molar-refractivity contribution in [1.82, 2.24) is 10.3 Å². The number of aliphatic hydroxyl groups excluding tert-OH is 1. The lowest BCUT2D eigenvalue weighted by Crippen LogP contribution is -2.21. The smallest absolute Gasteiger partial charge is 0.0914 e. The minimum atomic E-state index is -0.500. The summed E-state index contributed by atoms with van der Waals surface area (Å²) in [4.78, 5) is 4.34. The molecule has 0 saturated carbocycles. The van der Waals surface area contributed by atoms with Gasteiger partial charge in [0, 0.05) is 19.3 Å². The molecule has 0 bridgehead atoms. The van der Waals surface area contributed by atoms with Crippen LogP contribution in [0.1, 0.15) is 49.3 Å². The topological polar surface area (TPSA) is 45.1 Å². The molecule has 3 heteroatoms. The zero-order valence-electron chi connectivity index (χ0n) is 13.9. The van der Waals surface area contributed by atoms with Crippen LogP contribution in [0.25, 0.3) is 0 Å². The van der Waals surface area contributed by atoms with Crippen LogP contribution in [-0.2, 0) is 12.0 Å². The molecule has 22 heavy (non-hydrogen) atoms. The normalized spacial score (nSPS) is 13.1. The first-order valence-corrected chi connectivity index (χ1v) is 7.77. The average Bonchev–Trinajstić information content (AvgIpc) is 2.48. The highest BCUT2D eigenvalue weighted by molar-refractivity contribution is 5.28. The molecule has 2 aromatic rings. The van der Waals surface area contributed by atoms with E-state index in [0.29, 0.717) is 13.1 Å². The summed E-state index contributed by atoms with van der Waals surface area (Å²) in [7, 11) is 0. The predicted molar refractivity (Wildman–Crippen MR) is 90.8 cm³/mol. The summed E-state index contributed by atoms with van der Waals surface area (Å²) in [6.07, 6.45) is 1.36. The van der Waals surface area contributed by atoms with E-state index in [4.69, 9.17) is 0 Å². The van der Waals surface area contributed by atoms with Crippen LogP contribution < -0.4 is 5.32 Å². The van der Waals surface area contributed by atoms with Gasteiger partial charge in [-0.1, -0.05) is 51.1 Å². The lowest BCUT2D eigenvalue weighted by atomic mass is 9.86. The SMILES string of the molecule is Cc1ccc(CNCC(O)c2ccc(C(C)(C)C)cc2)nc1. The van der Waals surface area contributed by atoms with Crippen LogP contribution in [0.3, 0.4) is 0 Å². The summed E-state index contributed by atoms with van der Waals surface area (Å²) in [6, 6.07) is 12.3. The molecule has 0 aliphatic rings. The standard InChI is InChI=1S/C19H26N2O/c1-14-5-10-17(21-11-14)12-20-13-18(22)15-6-8-16(9-7-15)19(2,3)4/h5-11,18,20,22H,12-13H2,1-4H3. The van der Waals surface area contributed by atoms with Gasteiger partial charge in [-0.25, -0.2) is 0 Å². The Bertz CT molecular complexity index is 582. The van der Waals surface area contributed by atoms with Crippen molar-refractivity contribution in [1.29, 1.82) is 0 Å². The molecular formula is C19H26N2O. The molecule has 1 heterocycles. The highest BCUT2D eigenvalue weighted by atomic mass is 16.3. The summed E-state index contributed by atoms with van der Waals surface area (Å²) >= 11 is 0. The monoisotopic (exact) mass is 298 g/mol. The first kappa shape index (κ1) is 16.7. The highest BCUT2D eigenvalue weighted by Gasteiger charge is 2.14. The van der Waals surface area contributed by atoms with Crippen LogP contribution in [0.15, 0.2) is 42.6 Å². The van der Waals surface area contributed by atoms with Crippen LogP contribution in [0.4, 0.5) is 0 Å². The van der Waals surface area contributed by atoms with E-state index < -0.39 is 6.10 Å². The first-order valence-electron chi connectivity index (χ1n) is 7.77. The van der Waals surface area contributed by atoms with Gasteiger partial charge in [-0.15, -0.1) is 0 Å². The van der Waals surface area contributed by atoms with E-state index in [9.17, 15) is 5.11 Å². The molecule has 0 spiro atoms. The number of aliphatic hydroxyl groups is 1. The molecule has 118 valence electrons. The van der Waals surface area contributed by atoms with Crippen LogP contribution in [0.5, 0.6) is 0 Å². The zero-order valence-corrected chi connectivity index (χ0v) is 13.9. The number of nitrogens with one attached hydrogen (secondary N) is 1. The van der Waals surface area contributed by atoms with Gasteiger partial charge < -0.3 is 10.4 Å². The molecule has 1 unspecified atom stereocenters. The molecule has 2 rings (SSSR count). The molecule has 0 aliphatic carbocycles. The van der Waals surface area contributed by atoms with Crippen LogP contribution in [0.2, 0.25) is 0 Å². The zero-order chi connectivity index (χ0) is 16.2. The fourth-order valence-corrected chi connectivity index (χ4v) is 2.26. The summed E-state index contributed by atoms with van der Waals surface area (Å²) < 4.78 is 0. The lowest BCUT2D eigenvalue weighted by Gasteiger charge is -2.20. The summed E-state index contributed by atoms with van der Waals surface area (Å²) in [5.41, 5.74) is 4.50. The second-order valence-corrected chi connectivity index (χ2v) is 6.85. The van der Waals surface area contributed by atoms with Gasteiger partial charge in [0.1, 0.15) is 0 Å². The van der Waals surface area contributed by atoms with Gasteiger partial charge in [0.2, 0.25) is 0 Å². The van der Waals surface area contributed by atoms with Gasteiger partial charge in [-0.05, 0) is 35.1 Å². The maximum Gasteiger partial charge on any atom is 0.0914 e. The number of rotatable bonds is 5. The number of aromatic nitrogens is 1. The van der Waals surface area contributed by atoms with E-state index in [-0.39, 0.29) is 5.41 Å². The lowest BCUT2D eigenvalue weighted by molar-refractivity contribution is 0.174. The minimum absolute atomic E-state index is 0.138. The molecule has 3 nitrogen and oxygen atoms in total. The average molecular weight is 298 g/mol. The van der Waals surface area contributed by atoms with Crippen molar-refractivity contribution in [3.8, 4) is 0 Å². The van der Waals surface area contributed by atoms with Crippen LogP contribution in [-0.4, -0.2) is 16.6 Å². The second-order valence-electron chi connectivity index (χ2n) is 6.85. The van der Waals surface area contributed by atoms with Crippen molar-refractivity contribution >= 4 is 0 Å². The fourth-order valence-electron chi connectivity index (χ4n) is 2.26. The second kappa shape index (κ2) is 7.03. The van der Waals surface area contributed by atoms with Gasteiger partial charge in [-0.3, -0.25) is 4.98 Å². The molecular weight excluding hydrogens is 272 g/mol. The third-order valence-corrected chi connectivity index (χ3v) is 3.78. The van der Waals surface area contributed by atoms with Crippen molar-refractivity contribution < 1.29 is 5.11 Å². The molecule has 0 radical (unpaired) electrons. The quantitative estimate of drug-likeness (QED) is 0.888. The van der Waals surface area contributed by atoms with Gasteiger partial charge >= 0.3 is 0 Å². The third-order valence-electron chi connectivity index (χ3n) is 3.78. The van der Waals surface area contributed by atoms with Gasteiger partial charge in [0.25, 0.3) is 0 Å². The van der Waals surface area contributed by atoms with Crippen LogP contribution in [0, 0.1) is 6.92 Å². The summed E-state index contributed by atoms with van der Waals surface area (Å²) in [5, 5.41) is 13.5. The van der Waals surface area contributed by atoms with Crippen molar-refractivity contribution in [2.45, 2.75) is 45.8 Å². The van der Waals surface area contributed by atoms with E-state index in [1.807, 2.05) is 37.4 Å². The van der Waals surface area contributed by atoms with E-state index in [2.05, 4.69) is 43.2 Å². The van der Waals surface area contributed by atoms with Crippen molar-refractivity contribution in [3.05, 3.63) is 65.0 Å². The molecule has 2 N–H and O–H groups in total. The van der Waals surface area contributed by atoms with E-state index in [0.717, 1.165) is 16.8 Å². The maximum absolute atomic E-state index is 10.3. The van der Waals surface area contributed by atoms with E-state index in [1.165, 1.54) is 5.56 Å². The number of hydrogen-bond donors (Lipinski definition) is 2.